The number of halogens is 2. The lowest BCUT2D eigenvalue weighted by atomic mass is 10.1. The lowest BCUT2D eigenvalue weighted by Gasteiger charge is -2.30. The molecule has 6 heteroatoms. The molecule has 0 atom stereocenters. The summed E-state index contributed by atoms with van der Waals surface area (Å²) in [5.74, 6) is 0. The average Bonchev–Trinajstić information content (AvgIpc) is 1.91. The van der Waals surface area contributed by atoms with E-state index in [1.165, 1.54) is 0 Å². The molecule has 0 amide bonds. The quantitative estimate of drug-likeness (QED) is 0.773. The van der Waals surface area contributed by atoms with E-state index in [1.54, 1.807) is 0 Å². The van der Waals surface area contributed by atoms with Gasteiger partial charge in [-0.15, -0.1) is 24.8 Å². The van der Waals surface area contributed by atoms with Crippen LogP contribution < -0.4 is 5.73 Å². The van der Waals surface area contributed by atoms with Crippen molar-refractivity contribution in [2.75, 3.05) is 32.7 Å². The Labute approximate surface area is 99.0 Å². The van der Waals surface area contributed by atoms with Gasteiger partial charge in [0.1, 0.15) is 0 Å². The van der Waals surface area contributed by atoms with Crippen LogP contribution in [0.5, 0.6) is 0 Å². The molecule has 1 fully saturated rings. The smallest absolute Gasteiger partial charge is 0.0951 e. The first-order valence-electron chi connectivity index (χ1n) is 4.49. The van der Waals surface area contributed by atoms with Crippen LogP contribution in [0.3, 0.4) is 0 Å². The van der Waals surface area contributed by atoms with Gasteiger partial charge < -0.3 is 10.3 Å². The highest BCUT2D eigenvalue weighted by Gasteiger charge is 2.19. The maximum atomic E-state index is 11.5. The van der Waals surface area contributed by atoms with Gasteiger partial charge in [0.25, 0.3) is 0 Å². The normalized spacial score (nSPS) is 19.6. The van der Waals surface area contributed by atoms with Crippen LogP contribution in [-0.2, 0) is 4.57 Å². The maximum Gasteiger partial charge on any atom is 0.0951 e. The van der Waals surface area contributed by atoms with Crippen LogP contribution in [0.4, 0.5) is 0 Å². The molecule has 0 aromatic rings. The van der Waals surface area contributed by atoms with Crippen molar-refractivity contribution < 1.29 is 4.57 Å². The van der Waals surface area contributed by atoms with Crippen molar-refractivity contribution in [3.63, 3.8) is 0 Å². The summed E-state index contributed by atoms with van der Waals surface area (Å²) in [6, 6.07) is 0.370. The van der Waals surface area contributed by atoms with Crippen LogP contribution in [0.2, 0.25) is 0 Å². The van der Waals surface area contributed by atoms with E-state index < -0.39 is 7.14 Å². The van der Waals surface area contributed by atoms with Crippen molar-refractivity contribution in [2.45, 2.75) is 18.9 Å². The minimum atomic E-state index is -1.87. The highest BCUT2D eigenvalue weighted by molar-refractivity contribution is 7.62. The number of nitrogens with two attached hydrogens (primary N) is 1. The van der Waals surface area contributed by atoms with E-state index in [9.17, 15) is 4.57 Å². The Bertz CT molecular complexity index is 190. The fourth-order valence-electron chi connectivity index (χ4n) is 1.58. The highest BCUT2D eigenvalue weighted by atomic mass is 35.5. The molecule has 1 rings (SSSR count). The van der Waals surface area contributed by atoms with Gasteiger partial charge in [-0.1, -0.05) is 0 Å². The van der Waals surface area contributed by atoms with Gasteiger partial charge in [0.2, 0.25) is 0 Å². The van der Waals surface area contributed by atoms with Gasteiger partial charge in [-0.3, -0.25) is 4.90 Å². The van der Waals surface area contributed by atoms with Crippen LogP contribution in [0.25, 0.3) is 0 Å². The molecule has 0 bridgehead atoms. The second kappa shape index (κ2) is 7.08. The van der Waals surface area contributed by atoms with E-state index in [1.807, 2.05) is 13.3 Å². The Balaban J connectivity index is 0. The van der Waals surface area contributed by atoms with Crippen LogP contribution in [0.15, 0.2) is 0 Å². The van der Waals surface area contributed by atoms with Crippen LogP contribution in [0.1, 0.15) is 12.8 Å². The second-order valence-electron chi connectivity index (χ2n) is 4.17. The Kier molecular flexibility index (Phi) is 8.66. The molecule has 1 aliphatic heterocycles. The SMILES string of the molecule is CP(C)(=O)CN1CCC(N)CC1.Cl.Cl. The molecule has 1 heterocycles. The zero-order chi connectivity index (χ0) is 9.19. The predicted molar refractivity (Wildman–Crippen MR) is 67.6 cm³/mol. The lowest BCUT2D eigenvalue weighted by molar-refractivity contribution is 0.242. The summed E-state index contributed by atoms with van der Waals surface area (Å²) in [5, 5.41) is 0. The molecule has 2 N–H and O–H groups in total. The van der Waals surface area contributed by atoms with Crippen molar-refractivity contribution in [1.29, 1.82) is 0 Å². The summed E-state index contributed by atoms with van der Waals surface area (Å²) < 4.78 is 11.5. The monoisotopic (exact) mass is 262 g/mol. The van der Waals surface area contributed by atoms with Crippen LogP contribution >= 0.6 is 32.0 Å². The van der Waals surface area contributed by atoms with Gasteiger partial charge in [0, 0.05) is 19.1 Å². The fourth-order valence-corrected chi connectivity index (χ4v) is 2.82. The topological polar surface area (TPSA) is 46.3 Å². The fraction of sp³-hybridized carbons (Fsp3) is 1.00. The second-order valence-corrected chi connectivity index (χ2v) is 7.60. The molecule has 0 radical (unpaired) electrons. The minimum absolute atomic E-state index is 0. The summed E-state index contributed by atoms with van der Waals surface area (Å²) in [6.45, 7) is 5.74. The third kappa shape index (κ3) is 7.08. The summed E-state index contributed by atoms with van der Waals surface area (Å²) in [4.78, 5) is 2.27. The molecule has 0 aliphatic carbocycles. The van der Waals surface area contributed by atoms with Crippen LogP contribution in [0, 0.1) is 0 Å². The molecule has 1 aliphatic rings. The van der Waals surface area contributed by atoms with Crippen molar-refractivity contribution in [1.82, 2.24) is 4.90 Å². The Morgan fingerprint density at radius 2 is 1.71 bits per heavy atom. The zero-order valence-corrected chi connectivity index (χ0v) is 11.3. The maximum absolute atomic E-state index is 11.5. The van der Waals surface area contributed by atoms with Gasteiger partial charge >= 0.3 is 0 Å². The first kappa shape index (κ1) is 17.1. The number of rotatable bonds is 2. The lowest BCUT2D eigenvalue weighted by Crippen LogP contribution is -2.39. The minimum Gasteiger partial charge on any atom is -0.328 e. The van der Waals surface area contributed by atoms with Gasteiger partial charge in [-0.2, -0.15) is 0 Å². The molecule has 0 spiro atoms. The number of likely N-dealkylation sites (tertiary alicyclic amines) is 1. The van der Waals surface area contributed by atoms with Gasteiger partial charge in [0.05, 0.1) is 13.4 Å². The summed E-state index contributed by atoms with van der Waals surface area (Å²) in [5.41, 5.74) is 5.76. The molecule has 0 aromatic heterocycles. The molecule has 88 valence electrons. The molecule has 3 nitrogen and oxygen atoms in total. The van der Waals surface area contributed by atoms with E-state index in [4.69, 9.17) is 5.73 Å². The van der Waals surface area contributed by atoms with E-state index in [-0.39, 0.29) is 24.8 Å². The van der Waals surface area contributed by atoms with Gasteiger partial charge in [-0.25, -0.2) is 0 Å². The standard InChI is InChI=1S/C8H19N2OP.2ClH/c1-12(2,11)7-10-5-3-8(9)4-6-10;;/h8H,3-7,9H2,1-2H3;2*1H. The Morgan fingerprint density at radius 3 is 2.07 bits per heavy atom. The zero-order valence-electron chi connectivity index (χ0n) is 8.81. The van der Waals surface area contributed by atoms with Crippen molar-refractivity contribution in [3.8, 4) is 0 Å². The molecule has 0 unspecified atom stereocenters. The number of piperidine rings is 1. The predicted octanol–water partition coefficient (Wildman–Crippen LogP) is 1.83. The number of hydrogen-bond acceptors (Lipinski definition) is 3. The summed E-state index contributed by atoms with van der Waals surface area (Å²) >= 11 is 0. The average molecular weight is 263 g/mol. The third-order valence-corrected chi connectivity index (χ3v) is 3.25. The largest absolute Gasteiger partial charge is 0.328 e. The van der Waals surface area contributed by atoms with E-state index >= 15 is 0 Å². The molecule has 0 saturated carbocycles. The molecule has 14 heavy (non-hydrogen) atoms. The van der Waals surface area contributed by atoms with Crippen LogP contribution in [-0.4, -0.2) is 43.6 Å². The molecule has 0 aromatic carbocycles. The summed E-state index contributed by atoms with van der Waals surface area (Å²) in [6.07, 6.45) is 2.87. The molecular formula is C8H21Cl2N2OP. The van der Waals surface area contributed by atoms with Crippen molar-refractivity contribution in [3.05, 3.63) is 0 Å². The van der Waals surface area contributed by atoms with Gasteiger partial charge in [0.15, 0.2) is 0 Å². The number of hydrogen-bond donors (Lipinski definition) is 1. The molecule has 1 saturated heterocycles. The summed E-state index contributed by atoms with van der Waals surface area (Å²) in [7, 11) is -1.87. The van der Waals surface area contributed by atoms with Gasteiger partial charge in [-0.05, 0) is 26.2 Å². The first-order chi connectivity index (χ1) is 5.47. The Morgan fingerprint density at radius 1 is 1.29 bits per heavy atom. The third-order valence-electron chi connectivity index (χ3n) is 2.17. The first-order valence-corrected chi connectivity index (χ1v) is 7.28. The number of nitrogens with zero attached hydrogens (tertiary/aromatic N) is 1. The van der Waals surface area contributed by atoms with E-state index in [0.29, 0.717) is 6.04 Å². The highest BCUT2D eigenvalue weighted by Crippen LogP contribution is 2.37. The Hall–Kier alpha value is 0.730. The van der Waals surface area contributed by atoms with E-state index in [0.717, 1.165) is 32.2 Å². The van der Waals surface area contributed by atoms with Crippen molar-refractivity contribution >= 4 is 32.0 Å². The van der Waals surface area contributed by atoms with E-state index in [2.05, 4.69) is 4.90 Å². The molecular weight excluding hydrogens is 242 g/mol. The van der Waals surface area contributed by atoms with Crippen molar-refractivity contribution in [2.24, 2.45) is 5.73 Å².